The number of benzene rings is 2. The van der Waals surface area contributed by atoms with Crippen LogP contribution in [0, 0.1) is 0 Å². The zero-order chi connectivity index (χ0) is 14.9. The van der Waals surface area contributed by atoms with E-state index in [9.17, 15) is 13.2 Å². The largest absolute Gasteiger partial charge is 0.493 e. The highest BCUT2D eigenvalue weighted by atomic mass is 32.2. The zero-order valence-electron chi connectivity index (χ0n) is 11.1. The fourth-order valence-electron chi connectivity index (χ4n) is 2.30. The molecule has 0 aromatic heterocycles. The number of fused-ring (bicyclic) bond motifs is 1. The molecule has 1 unspecified atom stereocenters. The third kappa shape index (κ3) is 3.18. The van der Waals surface area contributed by atoms with Crippen molar-refractivity contribution in [3.05, 3.63) is 59.7 Å². The van der Waals surface area contributed by atoms with Gasteiger partial charge in [-0.15, -0.1) is 11.8 Å². The molecule has 0 saturated carbocycles. The average molecular weight is 310 g/mol. The van der Waals surface area contributed by atoms with E-state index in [1.54, 1.807) is 11.8 Å². The van der Waals surface area contributed by atoms with E-state index in [0.29, 0.717) is 12.4 Å². The molecule has 1 aliphatic rings. The molecule has 0 fully saturated rings. The van der Waals surface area contributed by atoms with Gasteiger partial charge in [-0.2, -0.15) is 13.2 Å². The Morgan fingerprint density at radius 1 is 1.05 bits per heavy atom. The summed E-state index contributed by atoms with van der Waals surface area (Å²) in [6.07, 6.45) is -4.31. The van der Waals surface area contributed by atoms with Crippen molar-refractivity contribution in [3.63, 3.8) is 0 Å². The minimum atomic E-state index is -4.31. The van der Waals surface area contributed by atoms with Gasteiger partial charge in [-0.1, -0.05) is 18.2 Å². The summed E-state index contributed by atoms with van der Waals surface area (Å²) in [4.78, 5) is 1.26. The van der Waals surface area contributed by atoms with E-state index in [0.717, 1.165) is 17.9 Å². The Kier molecular flexibility index (Phi) is 3.85. The van der Waals surface area contributed by atoms with Gasteiger partial charge < -0.3 is 4.74 Å². The number of ether oxygens (including phenoxy) is 1. The van der Waals surface area contributed by atoms with Crippen molar-refractivity contribution in [1.82, 2.24) is 0 Å². The van der Waals surface area contributed by atoms with Crippen LogP contribution in [0.15, 0.2) is 53.4 Å². The quantitative estimate of drug-likeness (QED) is 0.791. The Bertz CT molecular complexity index is 622. The van der Waals surface area contributed by atoms with Crippen LogP contribution in [-0.4, -0.2) is 12.4 Å². The summed E-state index contributed by atoms with van der Waals surface area (Å²) in [6.45, 7) is 0.482. The van der Waals surface area contributed by atoms with Crippen molar-refractivity contribution in [3.8, 4) is 5.75 Å². The monoisotopic (exact) mass is 310 g/mol. The Morgan fingerprint density at radius 3 is 2.48 bits per heavy atom. The lowest BCUT2D eigenvalue weighted by atomic mass is 10.0. The van der Waals surface area contributed by atoms with Crippen LogP contribution in [0.3, 0.4) is 0 Å². The second kappa shape index (κ2) is 5.64. The van der Waals surface area contributed by atoms with Gasteiger partial charge in [0.05, 0.1) is 12.2 Å². The highest BCUT2D eigenvalue weighted by Crippen LogP contribution is 2.39. The van der Waals surface area contributed by atoms with Gasteiger partial charge in [-0.3, -0.25) is 0 Å². The predicted molar refractivity (Wildman–Crippen MR) is 76.8 cm³/mol. The van der Waals surface area contributed by atoms with Crippen LogP contribution in [0.25, 0.3) is 0 Å². The van der Waals surface area contributed by atoms with E-state index in [1.165, 1.54) is 22.6 Å². The first-order valence-corrected chi connectivity index (χ1v) is 7.54. The molecule has 2 aromatic carbocycles. The second-order valence-electron chi connectivity index (χ2n) is 4.88. The molecule has 0 aliphatic carbocycles. The van der Waals surface area contributed by atoms with E-state index in [-0.39, 0.29) is 5.92 Å². The fourth-order valence-corrected chi connectivity index (χ4v) is 3.54. The molecule has 0 bridgehead atoms. The molecule has 1 heterocycles. The van der Waals surface area contributed by atoms with Gasteiger partial charge in [-0.05, 0) is 35.9 Å². The fraction of sp³-hybridized carbons (Fsp3) is 0.250. The molecule has 2 aromatic rings. The van der Waals surface area contributed by atoms with Crippen LogP contribution >= 0.6 is 11.8 Å². The minimum Gasteiger partial charge on any atom is -0.493 e. The van der Waals surface area contributed by atoms with Crippen LogP contribution in [0.4, 0.5) is 13.2 Å². The first-order chi connectivity index (χ1) is 10.0. The Labute approximate surface area is 125 Å². The normalized spacial score (nSPS) is 17.6. The first-order valence-electron chi connectivity index (χ1n) is 6.56. The highest BCUT2D eigenvalue weighted by molar-refractivity contribution is 7.99. The zero-order valence-corrected chi connectivity index (χ0v) is 11.9. The summed E-state index contributed by atoms with van der Waals surface area (Å²) >= 11 is 1.79. The second-order valence-corrected chi connectivity index (χ2v) is 5.94. The van der Waals surface area contributed by atoms with Gasteiger partial charge in [0.2, 0.25) is 0 Å². The summed E-state index contributed by atoms with van der Waals surface area (Å²) in [5, 5.41) is 0. The number of hydrogen-bond donors (Lipinski definition) is 0. The lowest BCUT2D eigenvalue weighted by Crippen LogP contribution is -2.10. The van der Waals surface area contributed by atoms with Crippen molar-refractivity contribution in [2.24, 2.45) is 0 Å². The molecule has 1 aliphatic heterocycles. The van der Waals surface area contributed by atoms with Crippen molar-refractivity contribution < 1.29 is 17.9 Å². The number of halogens is 3. The summed E-state index contributed by atoms with van der Waals surface area (Å²) < 4.78 is 43.1. The Balaban J connectivity index is 1.64. The van der Waals surface area contributed by atoms with Crippen LogP contribution < -0.4 is 4.74 Å². The van der Waals surface area contributed by atoms with Crippen molar-refractivity contribution >= 4 is 11.8 Å². The maximum atomic E-state index is 12.5. The molecule has 110 valence electrons. The van der Waals surface area contributed by atoms with Gasteiger partial charge in [0.25, 0.3) is 0 Å². The van der Waals surface area contributed by atoms with Crippen molar-refractivity contribution in [2.75, 3.05) is 12.4 Å². The maximum absolute atomic E-state index is 12.5. The molecule has 5 heteroatoms. The third-order valence-corrected chi connectivity index (χ3v) is 4.68. The van der Waals surface area contributed by atoms with Crippen LogP contribution in [0.1, 0.15) is 17.0 Å². The standard InChI is InChI=1S/C16H13F3OS/c17-16(18,19)12-5-7-13(8-6-12)20-9-11-10-21-15-4-2-1-3-14(11)15/h1-8,11H,9-10H2. The molecule has 0 spiro atoms. The van der Waals surface area contributed by atoms with Gasteiger partial charge >= 0.3 is 6.18 Å². The average Bonchev–Trinajstić information content (AvgIpc) is 2.88. The van der Waals surface area contributed by atoms with Gasteiger partial charge in [0.15, 0.2) is 0 Å². The number of alkyl halides is 3. The van der Waals surface area contributed by atoms with Gasteiger partial charge in [-0.25, -0.2) is 0 Å². The molecular weight excluding hydrogens is 297 g/mol. The van der Waals surface area contributed by atoms with Crippen LogP contribution in [-0.2, 0) is 6.18 Å². The smallest absolute Gasteiger partial charge is 0.416 e. The summed E-state index contributed by atoms with van der Waals surface area (Å²) in [6, 6.07) is 13.0. The maximum Gasteiger partial charge on any atom is 0.416 e. The SMILES string of the molecule is FC(F)(F)c1ccc(OCC2CSc3ccccc32)cc1. The minimum absolute atomic E-state index is 0.286. The van der Waals surface area contributed by atoms with Gasteiger partial charge in [0, 0.05) is 16.6 Å². The summed E-state index contributed by atoms with van der Waals surface area (Å²) in [5.74, 6) is 1.70. The van der Waals surface area contributed by atoms with E-state index < -0.39 is 11.7 Å². The lowest BCUT2D eigenvalue weighted by molar-refractivity contribution is -0.137. The lowest BCUT2D eigenvalue weighted by Gasteiger charge is -2.13. The van der Waals surface area contributed by atoms with Gasteiger partial charge in [0.1, 0.15) is 5.75 Å². The molecule has 0 saturated heterocycles. The van der Waals surface area contributed by atoms with Crippen LogP contribution in [0.2, 0.25) is 0 Å². The van der Waals surface area contributed by atoms with E-state index in [1.807, 2.05) is 12.1 Å². The van der Waals surface area contributed by atoms with Crippen LogP contribution in [0.5, 0.6) is 5.75 Å². The third-order valence-electron chi connectivity index (χ3n) is 3.43. The molecule has 0 radical (unpaired) electrons. The molecule has 0 N–H and O–H groups in total. The van der Waals surface area contributed by atoms with Crippen molar-refractivity contribution in [2.45, 2.75) is 17.0 Å². The molecular formula is C16H13F3OS. The first kappa shape index (κ1) is 14.3. The Morgan fingerprint density at radius 2 is 1.76 bits per heavy atom. The summed E-state index contributed by atoms with van der Waals surface area (Å²) in [7, 11) is 0. The molecule has 21 heavy (non-hydrogen) atoms. The molecule has 0 amide bonds. The topological polar surface area (TPSA) is 9.23 Å². The highest BCUT2D eigenvalue weighted by Gasteiger charge is 2.30. The predicted octanol–water partition coefficient (Wildman–Crippen LogP) is 4.97. The van der Waals surface area contributed by atoms with E-state index in [2.05, 4.69) is 12.1 Å². The molecule has 1 atom stereocenters. The summed E-state index contributed by atoms with van der Waals surface area (Å²) in [5.41, 5.74) is 0.603. The number of thioether (sulfide) groups is 1. The molecule has 1 nitrogen and oxygen atoms in total. The van der Waals surface area contributed by atoms with E-state index >= 15 is 0 Å². The molecule has 3 rings (SSSR count). The van der Waals surface area contributed by atoms with E-state index in [4.69, 9.17) is 4.74 Å². The number of hydrogen-bond acceptors (Lipinski definition) is 2. The van der Waals surface area contributed by atoms with Crippen molar-refractivity contribution in [1.29, 1.82) is 0 Å². The Hall–Kier alpha value is -1.62. The number of rotatable bonds is 3.